The van der Waals surface area contributed by atoms with E-state index in [1.165, 1.54) is 0 Å². The molecule has 76 valence electrons. The van der Waals surface area contributed by atoms with Crippen LogP contribution in [0.25, 0.3) is 0 Å². The maximum Gasteiger partial charge on any atom is 0.207 e. The SMILES string of the molecule is N#C/C(=C\Nc1ccccc1)CNC=O. The number of benzene rings is 1. The molecule has 0 saturated carbocycles. The van der Waals surface area contributed by atoms with Gasteiger partial charge in [-0.05, 0) is 12.1 Å². The predicted octanol–water partition coefficient (Wildman–Crippen LogP) is 1.25. The fourth-order valence-electron chi connectivity index (χ4n) is 0.979. The van der Waals surface area contributed by atoms with Crippen molar-refractivity contribution in [1.29, 1.82) is 5.26 Å². The Kier molecular flexibility index (Phi) is 4.47. The van der Waals surface area contributed by atoms with Crippen molar-refractivity contribution >= 4 is 12.1 Å². The Morgan fingerprint density at radius 2 is 2.13 bits per heavy atom. The van der Waals surface area contributed by atoms with E-state index in [-0.39, 0.29) is 6.54 Å². The number of para-hydroxylation sites is 1. The Morgan fingerprint density at radius 3 is 2.73 bits per heavy atom. The normalized spacial score (nSPS) is 10.2. The molecular weight excluding hydrogens is 190 g/mol. The third kappa shape index (κ3) is 3.96. The Bertz CT molecular complexity index is 379. The van der Waals surface area contributed by atoms with Gasteiger partial charge in [0.15, 0.2) is 0 Å². The zero-order chi connectivity index (χ0) is 10.9. The number of hydrogen-bond donors (Lipinski definition) is 2. The van der Waals surface area contributed by atoms with Crippen LogP contribution in [0.5, 0.6) is 0 Å². The molecule has 0 unspecified atom stereocenters. The molecule has 1 amide bonds. The molecule has 0 bridgehead atoms. The largest absolute Gasteiger partial charge is 0.361 e. The third-order valence-corrected chi connectivity index (χ3v) is 1.71. The molecule has 0 spiro atoms. The number of nitriles is 1. The number of hydrogen-bond acceptors (Lipinski definition) is 3. The van der Waals surface area contributed by atoms with Gasteiger partial charge in [-0.1, -0.05) is 18.2 Å². The Hall–Kier alpha value is -2.28. The Morgan fingerprint density at radius 1 is 1.40 bits per heavy atom. The number of carbonyl (C=O) groups excluding carboxylic acids is 1. The van der Waals surface area contributed by atoms with Gasteiger partial charge in [-0.3, -0.25) is 4.79 Å². The van der Waals surface area contributed by atoms with Crippen LogP contribution in [-0.4, -0.2) is 13.0 Å². The first-order valence-electron chi connectivity index (χ1n) is 4.44. The lowest BCUT2D eigenvalue weighted by Crippen LogP contribution is -2.14. The first-order chi connectivity index (χ1) is 7.36. The van der Waals surface area contributed by atoms with Gasteiger partial charge in [0, 0.05) is 11.9 Å². The van der Waals surface area contributed by atoms with E-state index < -0.39 is 0 Å². The molecule has 15 heavy (non-hydrogen) atoms. The van der Waals surface area contributed by atoms with Gasteiger partial charge in [-0.25, -0.2) is 0 Å². The van der Waals surface area contributed by atoms with Crippen molar-refractivity contribution in [1.82, 2.24) is 5.32 Å². The molecule has 0 fully saturated rings. The number of nitrogens with zero attached hydrogens (tertiary/aromatic N) is 1. The second kappa shape index (κ2) is 6.22. The Labute approximate surface area is 88.2 Å². The van der Waals surface area contributed by atoms with E-state index in [0.717, 1.165) is 5.69 Å². The number of nitrogens with one attached hydrogen (secondary N) is 2. The van der Waals surface area contributed by atoms with Crippen molar-refractivity contribution in [3.05, 3.63) is 42.1 Å². The van der Waals surface area contributed by atoms with Crippen LogP contribution in [0.3, 0.4) is 0 Å². The van der Waals surface area contributed by atoms with Gasteiger partial charge in [0.05, 0.1) is 18.2 Å². The maximum absolute atomic E-state index is 10.0. The van der Waals surface area contributed by atoms with Gasteiger partial charge in [-0.2, -0.15) is 5.26 Å². The average molecular weight is 201 g/mol. The summed E-state index contributed by atoms with van der Waals surface area (Å²) in [5.74, 6) is 0. The highest BCUT2D eigenvalue weighted by Crippen LogP contribution is 2.05. The van der Waals surface area contributed by atoms with Crippen LogP contribution in [-0.2, 0) is 4.79 Å². The predicted molar refractivity (Wildman–Crippen MR) is 57.8 cm³/mol. The topological polar surface area (TPSA) is 64.9 Å². The van der Waals surface area contributed by atoms with Gasteiger partial charge in [0.25, 0.3) is 0 Å². The summed E-state index contributed by atoms with van der Waals surface area (Å²) in [6, 6.07) is 11.5. The molecule has 0 heterocycles. The van der Waals surface area contributed by atoms with Crippen LogP contribution in [0.15, 0.2) is 42.1 Å². The molecule has 1 aromatic rings. The zero-order valence-electron chi connectivity index (χ0n) is 8.10. The van der Waals surface area contributed by atoms with Crippen molar-refractivity contribution in [2.45, 2.75) is 0 Å². The third-order valence-electron chi connectivity index (χ3n) is 1.71. The summed E-state index contributed by atoms with van der Waals surface area (Å²) in [6.07, 6.45) is 2.14. The van der Waals surface area contributed by atoms with Crippen LogP contribution >= 0.6 is 0 Å². The molecule has 0 aliphatic heterocycles. The Balaban J connectivity index is 2.55. The van der Waals surface area contributed by atoms with Crippen molar-refractivity contribution in [3.63, 3.8) is 0 Å². The first kappa shape index (κ1) is 10.8. The molecule has 0 aliphatic rings. The first-order valence-corrected chi connectivity index (χ1v) is 4.44. The molecular formula is C11H11N3O. The molecule has 0 atom stereocenters. The summed E-state index contributed by atoms with van der Waals surface area (Å²) in [5, 5.41) is 14.1. The van der Waals surface area contributed by atoms with E-state index in [1.54, 1.807) is 6.20 Å². The van der Waals surface area contributed by atoms with E-state index in [0.29, 0.717) is 12.0 Å². The average Bonchev–Trinajstić information content (AvgIpc) is 2.31. The van der Waals surface area contributed by atoms with Gasteiger partial charge < -0.3 is 10.6 Å². The van der Waals surface area contributed by atoms with Crippen LogP contribution in [0.2, 0.25) is 0 Å². The van der Waals surface area contributed by atoms with Crippen molar-refractivity contribution in [2.24, 2.45) is 0 Å². The second-order valence-electron chi connectivity index (χ2n) is 2.79. The molecule has 1 rings (SSSR count). The maximum atomic E-state index is 10.0. The number of rotatable bonds is 5. The van der Waals surface area contributed by atoms with Crippen LogP contribution in [0.4, 0.5) is 5.69 Å². The van der Waals surface area contributed by atoms with Crippen LogP contribution in [0.1, 0.15) is 0 Å². The lowest BCUT2D eigenvalue weighted by atomic mass is 10.3. The molecule has 4 nitrogen and oxygen atoms in total. The van der Waals surface area contributed by atoms with E-state index >= 15 is 0 Å². The van der Waals surface area contributed by atoms with Crippen molar-refractivity contribution < 1.29 is 4.79 Å². The molecule has 1 aromatic carbocycles. The van der Waals surface area contributed by atoms with Gasteiger partial charge in [0.1, 0.15) is 0 Å². The zero-order valence-corrected chi connectivity index (χ0v) is 8.10. The molecule has 0 aliphatic carbocycles. The van der Waals surface area contributed by atoms with Gasteiger partial charge >= 0.3 is 0 Å². The van der Waals surface area contributed by atoms with E-state index in [1.807, 2.05) is 36.4 Å². The monoisotopic (exact) mass is 201 g/mol. The van der Waals surface area contributed by atoms with Crippen LogP contribution in [0, 0.1) is 11.3 Å². The molecule has 0 saturated heterocycles. The van der Waals surface area contributed by atoms with Gasteiger partial charge in [-0.15, -0.1) is 0 Å². The molecule has 2 N–H and O–H groups in total. The van der Waals surface area contributed by atoms with Crippen molar-refractivity contribution in [2.75, 3.05) is 11.9 Å². The highest BCUT2D eigenvalue weighted by atomic mass is 16.1. The molecule has 4 heteroatoms. The van der Waals surface area contributed by atoms with E-state index in [2.05, 4.69) is 10.6 Å². The van der Waals surface area contributed by atoms with Crippen LogP contribution < -0.4 is 10.6 Å². The highest BCUT2D eigenvalue weighted by Gasteiger charge is 1.93. The second-order valence-corrected chi connectivity index (χ2v) is 2.79. The summed E-state index contributed by atoms with van der Waals surface area (Å²) in [7, 11) is 0. The lowest BCUT2D eigenvalue weighted by Gasteiger charge is -2.01. The fourth-order valence-corrected chi connectivity index (χ4v) is 0.979. The smallest absolute Gasteiger partial charge is 0.207 e. The summed E-state index contributed by atoms with van der Waals surface area (Å²) >= 11 is 0. The minimum absolute atomic E-state index is 0.236. The minimum atomic E-state index is 0.236. The summed E-state index contributed by atoms with van der Waals surface area (Å²) < 4.78 is 0. The standard InChI is InChI=1S/C11H11N3O/c12-6-10(7-13-9-15)8-14-11-4-2-1-3-5-11/h1-5,8-9,14H,7H2,(H,13,15)/b10-8+. The lowest BCUT2D eigenvalue weighted by molar-refractivity contribution is -0.109. The van der Waals surface area contributed by atoms with E-state index in [9.17, 15) is 4.79 Å². The summed E-state index contributed by atoms with van der Waals surface area (Å²) in [5.41, 5.74) is 1.36. The van der Waals surface area contributed by atoms with Crippen molar-refractivity contribution in [3.8, 4) is 6.07 Å². The summed E-state index contributed by atoms with van der Waals surface area (Å²) in [4.78, 5) is 10.0. The quantitative estimate of drug-likeness (QED) is 0.556. The fraction of sp³-hybridized carbons (Fsp3) is 0.0909. The highest BCUT2D eigenvalue weighted by molar-refractivity contribution is 5.49. The number of anilines is 1. The molecule has 0 aromatic heterocycles. The van der Waals surface area contributed by atoms with E-state index in [4.69, 9.17) is 5.26 Å². The number of carbonyl (C=O) groups is 1. The minimum Gasteiger partial charge on any atom is -0.361 e. The summed E-state index contributed by atoms with van der Waals surface area (Å²) in [6.45, 7) is 0.236. The van der Waals surface area contributed by atoms with Gasteiger partial charge in [0.2, 0.25) is 6.41 Å². The number of amides is 1. The molecule has 0 radical (unpaired) electrons.